The molecule has 9 heteroatoms. The highest BCUT2D eigenvalue weighted by Gasteiger charge is 2.09. The average molecular weight is 399 g/mol. The Bertz CT molecular complexity index is 1000. The van der Waals surface area contributed by atoms with Crippen LogP contribution in [0.1, 0.15) is 35.4 Å². The Kier molecular flexibility index (Phi) is 6.85. The zero-order valence-electron chi connectivity index (χ0n) is 15.2. The molecule has 0 radical (unpaired) electrons. The molecule has 146 valence electrons. The monoisotopic (exact) mass is 399 g/mol. The molecule has 0 spiro atoms. The van der Waals surface area contributed by atoms with Gasteiger partial charge in [-0.05, 0) is 36.4 Å². The summed E-state index contributed by atoms with van der Waals surface area (Å²) in [5.74, 6) is 0.531. The van der Waals surface area contributed by atoms with Gasteiger partial charge in [0.2, 0.25) is 5.91 Å². The van der Waals surface area contributed by atoms with Crippen LogP contribution < -0.4 is 16.2 Å². The van der Waals surface area contributed by atoms with Crippen LogP contribution in [0.2, 0.25) is 0 Å². The number of H-pyrrole nitrogens is 1. The van der Waals surface area contributed by atoms with E-state index in [1.54, 1.807) is 24.4 Å². The van der Waals surface area contributed by atoms with E-state index in [1.807, 2.05) is 11.4 Å². The quantitative estimate of drug-likeness (QED) is 0.356. The Morgan fingerprint density at radius 1 is 1.11 bits per heavy atom. The molecule has 3 rings (SSSR count). The van der Waals surface area contributed by atoms with Gasteiger partial charge in [-0.25, -0.2) is 5.10 Å². The van der Waals surface area contributed by atoms with E-state index in [-0.39, 0.29) is 17.2 Å². The van der Waals surface area contributed by atoms with Crippen molar-refractivity contribution in [1.29, 1.82) is 0 Å². The maximum absolute atomic E-state index is 11.9. The fourth-order valence-electron chi connectivity index (χ4n) is 2.70. The summed E-state index contributed by atoms with van der Waals surface area (Å²) < 4.78 is 0. The summed E-state index contributed by atoms with van der Waals surface area (Å²) in [6.07, 6.45) is 3.56. The number of thiophene rings is 1. The third-order valence-corrected chi connectivity index (χ3v) is 5.03. The standard InChI is InChI=1S/C19H21N5O3S/c25-14(15-7-3-12-28-15)6-1-8-16(26)20-10-4-11-22-18-17-13(5-2-9-21-17)19(27)24-23-18/h2-3,5,7,9,12H,1,4,6,8,10-11H2,(H,20,26)(H,22,23)(H,24,27). The molecule has 0 fully saturated rings. The Balaban J connectivity index is 1.34. The molecule has 28 heavy (non-hydrogen) atoms. The van der Waals surface area contributed by atoms with Crippen LogP contribution in [-0.2, 0) is 4.79 Å². The lowest BCUT2D eigenvalue weighted by molar-refractivity contribution is -0.121. The minimum absolute atomic E-state index is 0.0618. The molecule has 0 saturated heterocycles. The summed E-state index contributed by atoms with van der Waals surface area (Å²) in [7, 11) is 0. The van der Waals surface area contributed by atoms with Crippen LogP contribution in [-0.4, -0.2) is 40.0 Å². The minimum Gasteiger partial charge on any atom is -0.367 e. The number of hydrogen-bond acceptors (Lipinski definition) is 7. The molecule has 3 aromatic rings. The molecule has 0 saturated carbocycles. The maximum Gasteiger partial charge on any atom is 0.273 e. The predicted molar refractivity (Wildman–Crippen MR) is 109 cm³/mol. The van der Waals surface area contributed by atoms with Crippen molar-refractivity contribution in [2.75, 3.05) is 18.4 Å². The fraction of sp³-hybridized carbons (Fsp3) is 0.316. The third kappa shape index (κ3) is 5.23. The molecule has 0 bridgehead atoms. The average Bonchev–Trinajstić information content (AvgIpc) is 3.24. The smallest absolute Gasteiger partial charge is 0.273 e. The van der Waals surface area contributed by atoms with Gasteiger partial charge in [0.15, 0.2) is 11.6 Å². The number of carbonyl (C=O) groups excluding carboxylic acids is 2. The summed E-state index contributed by atoms with van der Waals surface area (Å²) in [5.41, 5.74) is 0.240. The van der Waals surface area contributed by atoms with Gasteiger partial charge in [0.25, 0.3) is 5.56 Å². The molecule has 3 aromatic heterocycles. The van der Waals surface area contributed by atoms with E-state index in [2.05, 4.69) is 25.8 Å². The van der Waals surface area contributed by atoms with Crippen molar-refractivity contribution in [3.05, 3.63) is 51.1 Å². The van der Waals surface area contributed by atoms with Gasteiger partial charge in [-0.15, -0.1) is 11.3 Å². The highest BCUT2D eigenvalue weighted by atomic mass is 32.1. The zero-order valence-corrected chi connectivity index (χ0v) is 16.1. The van der Waals surface area contributed by atoms with Crippen molar-refractivity contribution in [2.24, 2.45) is 0 Å². The van der Waals surface area contributed by atoms with Crippen LogP contribution in [0.4, 0.5) is 5.82 Å². The lowest BCUT2D eigenvalue weighted by Gasteiger charge is -2.08. The van der Waals surface area contributed by atoms with Crippen molar-refractivity contribution in [3.63, 3.8) is 0 Å². The summed E-state index contributed by atoms with van der Waals surface area (Å²) in [6.45, 7) is 1.08. The number of pyridine rings is 1. The summed E-state index contributed by atoms with van der Waals surface area (Å²) in [4.78, 5) is 40.4. The lowest BCUT2D eigenvalue weighted by atomic mass is 10.1. The van der Waals surface area contributed by atoms with Crippen molar-refractivity contribution in [2.45, 2.75) is 25.7 Å². The summed E-state index contributed by atoms with van der Waals surface area (Å²) in [5, 5.41) is 14.7. The Labute approximate surface area is 165 Å². The Hall–Kier alpha value is -3.07. The van der Waals surface area contributed by atoms with Gasteiger partial charge in [0.1, 0.15) is 5.52 Å². The van der Waals surface area contributed by atoms with Gasteiger partial charge in [0.05, 0.1) is 10.3 Å². The normalized spacial score (nSPS) is 10.7. The van der Waals surface area contributed by atoms with E-state index in [9.17, 15) is 14.4 Å². The number of ketones is 1. The van der Waals surface area contributed by atoms with Crippen molar-refractivity contribution in [3.8, 4) is 0 Å². The van der Waals surface area contributed by atoms with E-state index in [1.165, 1.54) is 11.3 Å². The summed E-state index contributed by atoms with van der Waals surface area (Å²) in [6, 6.07) is 7.04. The van der Waals surface area contributed by atoms with Crippen LogP contribution in [0.15, 0.2) is 40.6 Å². The summed E-state index contributed by atoms with van der Waals surface area (Å²) >= 11 is 1.42. The highest BCUT2D eigenvalue weighted by molar-refractivity contribution is 7.12. The van der Waals surface area contributed by atoms with Gasteiger partial charge in [-0.1, -0.05) is 6.07 Å². The van der Waals surface area contributed by atoms with Crippen molar-refractivity contribution in [1.82, 2.24) is 20.5 Å². The van der Waals surface area contributed by atoms with E-state index in [4.69, 9.17) is 0 Å². The van der Waals surface area contributed by atoms with Gasteiger partial charge in [-0.2, -0.15) is 5.10 Å². The molecule has 3 heterocycles. The number of nitrogens with one attached hydrogen (secondary N) is 3. The largest absolute Gasteiger partial charge is 0.367 e. The number of nitrogens with zero attached hydrogens (tertiary/aromatic N) is 2. The maximum atomic E-state index is 11.9. The number of fused-ring (bicyclic) bond motifs is 1. The zero-order chi connectivity index (χ0) is 19.8. The number of amides is 1. The van der Waals surface area contributed by atoms with Gasteiger partial charge in [-0.3, -0.25) is 19.4 Å². The third-order valence-electron chi connectivity index (χ3n) is 4.12. The Morgan fingerprint density at radius 3 is 2.82 bits per heavy atom. The van der Waals surface area contributed by atoms with Crippen molar-refractivity contribution >= 4 is 39.7 Å². The molecule has 0 aliphatic carbocycles. The molecule has 0 aliphatic heterocycles. The number of Topliss-reactive ketones (excluding diaryl/α,β-unsaturated/α-hetero) is 1. The first-order valence-corrected chi connectivity index (χ1v) is 9.94. The Morgan fingerprint density at radius 2 is 2.00 bits per heavy atom. The first-order valence-electron chi connectivity index (χ1n) is 9.06. The topological polar surface area (TPSA) is 117 Å². The molecule has 0 aliphatic rings. The number of hydrogen-bond donors (Lipinski definition) is 3. The second-order valence-corrected chi connectivity index (χ2v) is 7.13. The lowest BCUT2D eigenvalue weighted by Crippen LogP contribution is -2.25. The number of aromatic amines is 1. The fourth-order valence-corrected chi connectivity index (χ4v) is 3.40. The molecular formula is C19H21N5O3S. The minimum atomic E-state index is -0.279. The van der Waals surface area contributed by atoms with Gasteiger partial charge >= 0.3 is 0 Å². The molecule has 1 amide bonds. The second-order valence-electron chi connectivity index (χ2n) is 6.19. The van der Waals surface area contributed by atoms with Crippen LogP contribution >= 0.6 is 11.3 Å². The highest BCUT2D eigenvalue weighted by Crippen LogP contribution is 2.14. The molecule has 3 N–H and O–H groups in total. The van der Waals surface area contributed by atoms with E-state index < -0.39 is 0 Å². The van der Waals surface area contributed by atoms with Crippen LogP contribution in [0.25, 0.3) is 10.9 Å². The number of rotatable bonds is 10. The molecule has 0 aromatic carbocycles. The molecular weight excluding hydrogens is 378 g/mol. The van der Waals surface area contributed by atoms with E-state index in [0.29, 0.717) is 55.5 Å². The molecule has 0 unspecified atom stereocenters. The predicted octanol–water partition coefficient (Wildman–Crippen LogP) is 2.35. The van der Waals surface area contributed by atoms with E-state index >= 15 is 0 Å². The number of carbonyl (C=O) groups is 2. The molecule has 0 atom stereocenters. The van der Waals surface area contributed by atoms with Gasteiger partial charge in [0, 0.05) is 32.1 Å². The van der Waals surface area contributed by atoms with Crippen LogP contribution in [0, 0.1) is 0 Å². The number of anilines is 1. The first kappa shape index (κ1) is 19.7. The second kappa shape index (κ2) is 9.75. The van der Waals surface area contributed by atoms with Crippen LogP contribution in [0.3, 0.4) is 0 Å². The molecule has 8 nitrogen and oxygen atoms in total. The first-order chi connectivity index (χ1) is 13.6. The van der Waals surface area contributed by atoms with E-state index in [0.717, 1.165) is 4.88 Å². The number of aromatic nitrogens is 3. The van der Waals surface area contributed by atoms with Gasteiger partial charge < -0.3 is 10.6 Å². The van der Waals surface area contributed by atoms with Crippen LogP contribution in [0.5, 0.6) is 0 Å². The SMILES string of the molecule is O=C(CCCC(=O)c1cccs1)NCCCNc1n[nH]c(=O)c2cccnc12. The van der Waals surface area contributed by atoms with Crippen molar-refractivity contribution < 1.29 is 9.59 Å².